The number of aromatic nitrogens is 3. The minimum Gasteiger partial charge on any atom is -0.195 e. The summed E-state index contributed by atoms with van der Waals surface area (Å²) in [5.41, 5.74) is 2.30. The van der Waals surface area contributed by atoms with Gasteiger partial charge in [-0.2, -0.15) is 9.78 Å². The number of allylic oxidation sites excluding steroid dienone is 1. The molecule has 0 bridgehead atoms. The maximum absolute atomic E-state index is 5.89. The summed E-state index contributed by atoms with van der Waals surface area (Å²) in [5.74, 6) is 0.783. The van der Waals surface area contributed by atoms with Crippen LogP contribution < -0.4 is 0 Å². The normalized spacial score (nSPS) is 11.5. The van der Waals surface area contributed by atoms with Crippen molar-refractivity contribution >= 4 is 35.7 Å². The van der Waals surface area contributed by atoms with Gasteiger partial charge in [-0.05, 0) is 29.3 Å². The minimum atomic E-state index is 0.738. The monoisotopic (exact) mass is 354 g/mol. The highest BCUT2D eigenvalue weighted by Gasteiger charge is 2.04. The first-order chi connectivity index (χ1) is 11.8. The van der Waals surface area contributed by atoms with Gasteiger partial charge >= 0.3 is 0 Å². The second-order valence-corrected chi connectivity index (χ2v) is 6.29. The summed E-state index contributed by atoms with van der Waals surface area (Å²) in [6.45, 7) is 0. The van der Waals surface area contributed by atoms with Gasteiger partial charge < -0.3 is 0 Å². The first-order valence-corrected chi connectivity index (χ1v) is 8.71. The van der Waals surface area contributed by atoms with Gasteiger partial charge in [0, 0.05) is 17.0 Å². The molecule has 0 amide bonds. The van der Waals surface area contributed by atoms with Crippen LogP contribution in [-0.2, 0) is 5.75 Å². The largest absolute Gasteiger partial charge is 0.212 e. The maximum atomic E-state index is 5.89. The Hall–Kier alpha value is -2.37. The third kappa shape index (κ3) is 4.81. The Morgan fingerprint density at radius 3 is 2.67 bits per heavy atom. The third-order valence-corrected chi connectivity index (χ3v) is 4.40. The molecule has 1 aromatic heterocycles. The van der Waals surface area contributed by atoms with Gasteiger partial charge in [-0.1, -0.05) is 71.9 Å². The van der Waals surface area contributed by atoms with Gasteiger partial charge in [0.05, 0.1) is 0 Å². The zero-order valence-electron chi connectivity index (χ0n) is 12.8. The van der Waals surface area contributed by atoms with Crippen LogP contribution in [0.25, 0.3) is 6.08 Å². The molecule has 24 heavy (non-hydrogen) atoms. The van der Waals surface area contributed by atoms with Gasteiger partial charge in [-0.15, -0.1) is 10.2 Å². The van der Waals surface area contributed by atoms with E-state index in [2.05, 4.69) is 15.3 Å². The molecule has 0 unspecified atom stereocenters. The molecule has 0 saturated carbocycles. The first-order valence-electron chi connectivity index (χ1n) is 7.34. The van der Waals surface area contributed by atoms with E-state index in [0.29, 0.717) is 0 Å². The van der Waals surface area contributed by atoms with Gasteiger partial charge in [0.15, 0.2) is 0 Å². The third-order valence-electron chi connectivity index (χ3n) is 3.15. The summed E-state index contributed by atoms with van der Waals surface area (Å²) in [6, 6.07) is 17.8. The fourth-order valence-corrected chi connectivity index (χ4v) is 2.90. The molecular formula is C18H15ClN4S. The number of hydrogen-bond acceptors (Lipinski definition) is 4. The number of halogens is 1. The molecule has 0 aliphatic heterocycles. The summed E-state index contributed by atoms with van der Waals surface area (Å²) in [4.78, 5) is 0. The van der Waals surface area contributed by atoms with Gasteiger partial charge in [-0.25, -0.2) is 0 Å². The number of nitrogens with zero attached hydrogens (tertiary/aromatic N) is 4. The second-order valence-electron chi connectivity index (χ2n) is 4.91. The van der Waals surface area contributed by atoms with E-state index < -0.39 is 0 Å². The van der Waals surface area contributed by atoms with Crippen molar-refractivity contribution in [3.8, 4) is 0 Å². The van der Waals surface area contributed by atoms with E-state index >= 15 is 0 Å². The average molecular weight is 355 g/mol. The summed E-state index contributed by atoms with van der Waals surface area (Å²) in [5, 5.41) is 13.8. The van der Waals surface area contributed by atoms with Crippen molar-refractivity contribution < 1.29 is 0 Å². The quantitative estimate of drug-likeness (QED) is 0.473. The molecule has 4 nitrogen and oxygen atoms in total. The van der Waals surface area contributed by atoms with Crippen molar-refractivity contribution in [2.75, 3.05) is 0 Å². The van der Waals surface area contributed by atoms with Gasteiger partial charge in [0.1, 0.15) is 6.33 Å². The SMILES string of the molecule is Clc1ccc(CSc2nncn2/N=C\C=C/c2ccccc2)cc1. The Morgan fingerprint density at radius 1 is 1.08 bits per heavy atom. The molecule has 0 N–H and O–H groups in total. The van der Waals surface area contributed by atoms with Crippen LogP contribution in [0.4, 0.5) is 0 Å². The molecule has 3 aromatic rings. The molecule has 6 heteroatoms. The van der Waals surface area contributed by atoms with Crippen LogP contribution in [0, 0.1) is 0 Å². The number of benzene rings is 2. The second kappa shape index (κ2) is 8.47. The van der Waals surface area contributed by atoms with E-state index in [1.165, 1.54) is 5.56 Å². The lowest BCUT2D eigenvalue weighted by Crippen LogP contribution is -1.91. The molecule has 3 rings (SSSR count). The van der Waals surface area contributed by atoms with Gasteiger partial charge in [-0.3, -0.25) is 0 Å². The van der Waals surface area contributed by atoms with Crippen molar-refractivity contribution in [3.05, 3.63) is 83.2 Å². The fourth-order valence-electron chi connectivity index (χ4n) is 1.95. The molecule has 0 atom stereocenters. The van der Waals surface area contributed by atoms with E-state index in [9.17, 15) is 0 Å². The summed E-state index contributed by atoms with van der Waals surface area (Å²) >= 11 is 7.47. The number of thioether (sulfide) groups is 1. The minimum absolute atomic E-state index is 0.738. The molecule has 0 saturated heterocycles. The maximum Gasteiger partial charge on any atom is 0.212 e. The summed E-state index contributed by atoms with van der Waals surface area (Å²) < 4.78 is 1.66. The lowest BCUT2D eigenvalue weighted by molar-refractivity contribution is 0.767. The highest BCUT2D eigenvalue weighted by molar-refractivity contribution is 7.98. The first kappa shape index (κ1) is 16.5. The molecule has 2 aromatic carbocycles. The van der Waals surface area contributed by atoms with Crippen LogP contribution >= 0.6 is 23.4 Å². The smallest absolute Gasteiger partial charge is 0.195 e. The van der Waals surface area contributed by atoms with Crippen molar-refractivity contribution in [1.82, 2.24) is 14.9 Å². The molecule has 0 fully saturated rings. The zero-order chi connectivity index (χ0) is 16.6. The van der Waals surface area contributed by atoms with Crippen molar-refractivity contribution in [2.24, 2.45) is 5.10 Å². The van der Waals surface area contributed by atoms with Crippen LogP contribution in [0.15, 0.2) is 77.3 Å². The predicted molar refractivity (Wildman–Crippen MR) is 100 cm³/mol. The number of rotatable bonds is 6. The molecule has 0 aliphatic rings. The number of hydrogen-bond donors (Lipinski definition) is 0. The fraction of sp³-hybridized carbons (Fsp3) is 0.0556. The average Bonchev–Trinajstić information content (AvgIpc) is 3.07. The molecular weight excluding hydrogens is 340 g/mol. The molecule has 0 aliphatic carbocycles. The summed E-state index contributed by atoms with van der Waals surface area (Å²) in [6.07, 6.45) is 7.21. The molecule has 120 valence electrons. The Bertz CT molecular complexity index is 826. The lowest BCUT2D eigenvalue weighted by Gasteiger charge is -2.01. The summed E-state index contributed by atoms with van der Waals surface area (Å²) in [7, 11) is 0. The zero-order valence-corrected chi connectivity index (χ0v) is 14.4. The van der Waals surface area contributed by atoms with E-state index in [1.54, 1.807) is 29.0 Å². The van der Waals surface area contributed by atoms with E-state index in [-0.39, 0.29) is 0 Å². The van der Waals surface area contributed by atoms with Crippen molar-refractivity contribution in [2.45, 2.75) is 10.9 Å². The predicted octanol–water partition coefficient (Wildman–Crippen LogP) is 4.77. The van der Waals surface area contributed by atoms with E-state index in [1.807, 2.05) is 66.7 Å². The Morgan fingerprint density at radius 2 is 1.88 bits per heavy atom. The van der Waals surface area contributed by atoms with Crippen LogP contribution in [-0.4, -0.2) is 21.1 Å². The van der Waals surface area contributed by atoms with Gasteiger partial charge in [0.25, 0.3) is 0 Å². The highest BCUT2D eigenvalue weighted by Crippen LogP contribution is 2.21. The Kier molecular flexibility index (Phi) is 5.82. The van der Waals surface area contributed by atoms with Crippen LogP contribution in [0.3, 0.4) is 0 Å². The molecule has 0 spiro atoms. The van der Waals surface area contributed by atoms with Crippen LogP contribution in [0.5, 0.6) is 0 Å². The van der Waals surface area contributed by atoms with E-state index in [0.717, 1.165) is 21.5 Å². The van der Waals surface area contributed by atoms with Crippen molar-refractivity contribution in [3.63, 3.8) is 0 Å². The van der Waals surface area contributed by atoms with Crippen molar-refractivity contribution in [1.29, 1.82) is 0 Å². The Labute approximate surface area is 149 Å². The van der Waals surface area contributed by atoms with Gasteiger partial charge in [0.2, 0.25) is 5.16 Å². The lowest BCUT2D eigenvalue weighted by atomic mass is 10.2. The van der Waals surface area contributed by atoms with Crippen LogP contribution in [0.2, 0.25) is 5.02 Å². The topological polar surface area (TPSA) is 43.1 Å². The molecule has 0 radical (unpaired) electrons. The molecule has 1 heterocycles. The van der Waals surface area contributed by atoms with Crippen LogP contribution in [0.1, 0.15) is 11.1 Å². The Balaban J connectivity index is 1.59. The standard InChI is InChI=1S/C18H15ClN4S/c19-17-10-8-16(9-11-17)13-24-18-22-20-14-23(18)21-12-4-7-15-5-2-1-3-6-15/h1-12,14H,13H2/b7-4-,21-12-. The van der Waals surface area contributed by atoms with E-state index in [4.69, 9.17) is 11.6 Å². The highest BCUT2D eigenvalue weighted by atomic mass is 35.5.